The van der Waals surface area contributed by atoms with E-state index < -0.39 is 0 Å². The molecule has 0 bridgehead atoms. The fraction of sp³-hybridized carbons (Fsp3) is 0.121. The normalized spacial score (nSPS) is 11.0. The first kappa shape index (κ1) is 27.6. The Balaban J connectivity index is 1.19. The van der Waals surface area contributed by atoms with Crippen molar-refractivity contribution in [2.24, 2.45) is 0 Å². The Bertz CT molecular complexity index is 1720. The van der Waals surface area contributed by atoms with Crippen LogP contribution in [-0.2, 0) is 18.7 Å². The van der Waals surface area contributed by atoms with Crippen molar-refractivity contribution in [1.29, 1.82) is 0 Å². The molecule has 0 radical (unpaired) electrons. The Morgan fingerprint density at radius 3 is 2.19 bits per heavy atom. The maximum absolute atomic E-state index is 13.7. The number of pyridine rings is 1. The highest BCUT2D eigenvalue weighted by Gasteiger charge is 2.21. The number of benzene rings is 3. The third-order valence-corrected chi connectivity index (χ3v) is 8.67. The lowest BCUT2D eigenvalue weighted by atomic mass is 10.1. The SMILES string of the molecule is O=C(c1csc(CSc2nnc(-c3ccncc3)n2-c2ccccc2)n1)N(CCc1ccccc1)Cc1ccccc1. The van der Waals surface area contributed by atoms with Crippen molar-refractivity contribution in [3.05, 3.63) is 143 Å². The molecule has 3 aromatic carbocycles. The van der Waals surface area contributed by atoms with Crippen LogP contribution < -0.4 is 0 Å². The van der Waals surface area contributed by atoms with Gasteiger partial charge in [0.25, 0.3) is 5.91 Å². The van der Waals surface area contributed by atoms with Gasteiger partial charge in [0.2, 0.25) is 0 Å². The van der Waals surface area contributed by atoms with Crippen molar-refractivity contribution in [2.45, 2.75) is 23.9 Å². The highest BCUT2D eigenvalue weighted by atomic mass is 32.2. The summed E-state index contributed by atoms with van der Waals surface area (Å²) in [5, 5.41) is 12.5. The molecule has 0 spiro atoms. The summed E-state index contributed by atoms with van der Waals surface area (Å²) in [4.78, 5) is 24.5. The van der Waals surface area contributed by atoms with Gasteiger partial charge >= 0.3 is 0 Å². The van der Waals surface area contributed by atoms with E-state index in [2.05, 4.69) is 39.4 Å². The van der Waals surface area contributed by atoms with Gasteiger partial charge in [0.05, 0.1) is 5.75 Å². The molecule has 3 heterocycles. The van der Waals surface area contributed by atoms with Crippen molar-refractivity contribution in [2.75, 3.05) is 6.54 Å². The zero-order chi connectivity index (χ0) is 28.6. The Hall–Kier alpha value is -4.60. The number of carbonyl (C=O) groups excluding carboxylic acids is 1. The first-order valence-electron chi connectivity index (χ1n) is 13.6. The second-order valence-electron chi connectivity index (χ2n) is 9.58. The monoisotopic (exact) mass is 588 g/mol. The van der Waals surface area contributed by atoms with Gasteiger partial charge in [0.1, 0.15) is 10.7 Å². The van der Waals surface area contributed by atoms with E-state index in [1.54, 1.807) is 24.2 Å². The molecule has 208 valence electrons. The molecule has 6 rings (SSSR count). The van der Waals surface area contributed by atoms with Crippen LogP contribution in [0.3, 0.4) is 0 Å². The van der Waals surface area contributed by atoms with Crippen LogP contribution in [0.1, 0.15) is 26.6 Å². The first-order chi connectivity index (χ1) is 20.7. The van der Waals surface area contributed by atoms with Crippen LogP contribution in [0.15, 0.2) is 126 Å². The van der Waals surface area contributed by atoms with E-state index in [-0.39, 0.29) is 5.91 Å². The van der Waals surface area contributed by atoms with Crippen LogP contribution in [0.25, 0.3) is 17.1 Å². The largest absolute Gasteiger partial charge is 0.333 e. The summed E-state index contributed by atoms with van der Waals surface area (Å²) in [6.07, 6.45) is 4.28. The van der Waals surface area contributed by atoms with Gasteiger partial charge in [-0.1, -0.05) is 90.6 Å². The lowest BCUT2D eigenvalue weighted by Crippen LogP contribution is -2.32. The summed E-state index contributed by atoms with van der Waals surface area (Å²) in [7, 11) is 0. The van der Waals surface area contributed by atoms with Crippen molar-refractivity contribution >= 4 is 29.0 Å². The second-order valence-corrected chi connectivity index (χ2v) is 11.5. The minimum absolute atomic E-state index is 0.0605. The third kappa shape index (κ3) is 6.64. The molecule has 42 heavy (non-hydrogen) atoms. The van der Waals surface area contributed by atoms with Crippen molar-refractivity contribution < 1.29 is 4.79 Å². The Morgan fingerprint density at radius 1 is 0.810 bits per heavy atom. The average Bonchev–Trinajstić information content (AvgIpc) is 3.71. The molecule has 7 nitrogen and oxygen atoms in total. The maximum atomic E-state index is 13.7. The maximum Gasteiger partial charge on any atom is 0.273 e. The van der Waals surface area contributed by atoms with E-state index in [1.165, 1.54) is 16.9 Å². The number of rotatable bonds is 11. The van der Waals surface area contributed by atoms with E-state index in [4.69, 9.17) is 4.98 Å². The van der Waals surface area contributed by atoms with E-state index in [1.807, 2.05) is 93.7 Å². The minimum atomic E-state index is -0.0605. The fourth-order valence-electron chi connectivity index (χ4n) is 4.59. The summed E-state index contributed by atoms with van der Waals surface area (Å²) < 4.78 is 2.05. The number of amides is 1. The zero-order valence-electron chi connectivity index (χ0n) is 22.8. The predicted molar refractivity (Wildman–Crippen MR) is 168 cm³/mol. The van der Waals surface area contributed by atoms with Gasteiger partial charge in [0, 0.05) is 42.1 Å². The number of carbonyl (C=O) groups is 1. The van der Waals surface area contributed by atoms with Gasteiger partial charge in [-0.15, -0.1) is 21.5 Å². The molecule has 0 N–H and O–H groups in total. The van der Waals surface area contributed by atoms with Crippen molar-refractivity contribution in [3.63, 3.8) is 0 Å². The molecule has 0 saturated heterocycles. The topological polar surface area (TPSA) is 76.8 Å². The average molecular weight is 589 g/mol. The van der Waals surface area contributed by atoms with Gasteiger partial charge in [0.15, 0.2) is 11.0 Å². The van der Waals surface area contributed by atoms with Gasteiger partial charge in [-0.05, 0) is 41.8 Å². The fourth-order valence-corrected chi connectivity index (χ4v) is 6.33. The molecule has 0 saturated carbocycles. The van der Waals surface area contributed by atoms with Crippen LogP contribution in [0, 0.1) is 0 Å². The molecular formula is C33H28N6OS2. The highest BCUT2D eigenvalue weighted by Crippen LogP contribution is 2.30. The summed E-state index contributed by atoms with van der Waals surface area (Å²) >= 11 is 3.05. The number of nitrogens with zero attached hydrogens (tertiary/aromatic N) is 6. The summed E-state index contributed by atoms with van der Waals surface area (Å²) in [6.45, 7) is 1.14. The summed E-state index contributed by atoms with van der Waals surface area (Å²) in [5.74, 6) is 1.26. The van der Waals surface area contributed by atoms with Crippen LogP contribution in [0.5, 0.6) is 0 Å². The molecule has 3 aromatic heterocycles. The standard InChI is InChI=1S/C33H28N6OS2/c40-32(38(22-26-12-6-2-7-13-26)21-18-25-10-4-1-5-11-25)29-23-41-30(35-29)24-42-33-37-36-31(27-16-19-34-20-17-27)39(33)28-14-8-3-9-15-28/h1-17,19-20,23H,18,21-22,24H2. The lowest BCUT2D eigenvalue weighted by Gasteiger charge is -2.22. The molecule has 6 aromatic rings. The van der Waals surface area contributed by atoms with E-state index in [9.17, 15) is 4.79 Å². The van der Waals surface area contributed by atoms with E-state index in [0.717, 1.165) is 39.2 Å². The quantitative estimate of drug-likeness (QED) is 0.152. The molecule has 9 heteroatoms. The molecule has 0 aliphatic heterocycles. The lowest BCUT2D eigenvalue weighted by molar-refractivity contribution is 0.0740. The Labute approximate surface area is 252 Å². The smallest absolute Gasteiger partial charge is 0.273 e. The molecule has 0 aliphatic carbocycles. The van der Waals surface area contributed by atoms with Crippen LogP contribution in [-0.4, -0.2) is 42.1 Å². The van der Waals surface area contributed by atoms with E-state index >= 15 is 0 Å². The highest BCUT2D eigenvalue weighted by molar-refractivity contribution is 7.98. The molecule has 0 atom stereocenters. The number of thioether (sulfide) groups is 1. The molecule has 0 unspecified atom stereocenters. The Kier molecular flexibility index (Phi) is 8.78. The molecular weight excluding hydrogens is 561 g/mol. The number of aromatic nitrogens is 5. The molecule has 0 fully saturated rings. The van der Waals surface area contributed by atoms with Crippen LogP contribution in [0.4, 0.5) is 0 Å². The Morgan fingerprint density at radius 2 is 1.48 bits per heavy atom. The van der Waals surface area contributed by atoms with Gasteiger partial charge < -0.3 is 4.90 Å². The molecule has 1 amide bonds. The molecule has 0 aliphatic rings. The number of hydrogen-bond donors (Lipinski definition) is 0. The van der Waals surface area contributed by atoms with E-state index in [0.29, 0.717) is 24.5 Å². The second kappa shape index (κ2) is 13.4. The van der Waals surface area contributed by atoms with Gasteiger partial charge in [-0.2, -0.15) is 0 Å². The number of thiazole rings is 1. The minimum Gasteiger partial charge on any atom is -0.333 e. The predicted octanol–water partition coefficient (Wildman–Crippen LogP) is 6.96. The number of para-hydroxylation sites is 1. The van der Waals surface area contributed by atoms with Crippen molar-refractivity contribution in [3.8, 4) is 17.1 Å². The van der Waals surface area contributed by atoms with Crippen molar-refractivity contribution in [1.82, 2.24) is 29.6 Å². The third-order valence-electron chi connectivity index (χ3n) is 6.70. The summed E-state index contributed by atoms with van der Waals surface area (Å²) in [5.41, 5.74) is 4.68. The zero-order valence-corrected chi connectivity index (χ0v) is 24.4. The van der Waals surface area contributed by atoms with Crippen LogP contribution >= 0.6 is 23.1 Å². The van der Waals surface area contributed by atoms with Crippen LogP contribution in [0.2, 0.25) is 0 Å². The number of hydrogen-bond acceptors (Lipinski definition) is 7. The van der Waals surface area contributed by atoms with Gasteiger partial charge in [-0.3, -0.25) is 14.3 Å². The van der Waals surface area contributed by atoms with Gasteiger partial charge in [-0.25, -0.2) is 4.98 Å². The first-order valence-corrected chi connectivity index (χ1v) is 15.5. The summed E-state index contributed by atoms with van der Waals surface area (Å²) in [6, 6.07) is 34.3.